The van der Waals surface area contributed by atoms with Crippen LogP contribution in [0.25, 0.3) is 0 Å². The minimum atomic E-state index is -0.387. The van der Waals surface area contributed by atoms with Crippen LogP contribution in [0.2, 0.25) is 0 Å². The second-order valence-electron chi connectivity index (χ2n) is 7.95. The molecular weight excluding hydrogens is 394 g/mol. The van der Waals surface area contributed by atoms with E-state index in [1.54, 1.807) is 34.1 Å². The van der Waals surface area contributed by atoms with Crippen molar-refractivity contribution in [1.29, 1.82) is 0 Å². The molecule has 0 saturated carbocycles. The van der Waals surface area contributed by atoms with Crippen molar-refractivity contribution in [1.82, 2.24) is 9.80 Å². The van der Waals surface area contributed by atoms with Gasteiger partial charge >= 0.3 is 0 Å². The first-order valence-corrected chi connectivity index (χ1v) is 10.7. The van der Waals surface area contributed by atoms with E-state index in [1.807, 2.05) is 30.3 Å². The number of morpholine rings is 1. The van der Waals surface area contributed by atoms with Gasteiger partial charge in [0.05, 0.1) is 19.1 Å². The van der Waals surface area contributed by atoms with Crippen LogP contribution in [0.1, 0.15) is 22.3 Å². The second-order valence-corrected chi connectivity index (χ2v) is 7.95. The van der Waals surface area contributed by atoms with Crippen LogP contribution >= 0.6 is 0 Å². The normalized spacial score (nSPS) is 18.8. The number of nitrogens with zero attached hydrogens (tertiary/aromatic N) is 2. The summed E-state index contributed by atoms with van der Waals surface area (Å²) < 4.78 is 5.30. The molecule has 3 amide bonds. The van der Waals surface area contributed by atoms with Crippen LogP contribution in [-0.4, -0.2) is 66.9 Å². The maximum atomic E-state index is 12.8. The summed E-state index contributed by atoms with van der Waals surface area (Å²) in [6.45, 7) is 3.24. The molecule has 0 aliphatic carbocycles. The highest BCUT2D eigenvalue weighted by Crippen LogP contribution is 2.21. The minimum Gasteiger partial charge on any atom is -0.378 e. The molecule has 2 aromatic carbocycles. The van der Waals surface area contributed by atoms with Gasteiger partial charge in [-0.05, 0) is 30.2 Å². The van der Waals surface area contributed by atoms with Gasteiger partial charge in [-0.15, -0.1) is 0 Å². The smallest absolute Gasteiger partial charge is 0.254 e. The number of hydrogen-bond donors (Lipinski definition) is 1. The predicted molar refractivity (Wildman–Crippen MR) is 117 cm³/mol. The lowest BCUT2D eigenvalue weighted by atomic mass is 10.1. The zero-order chi connectivity index (χ0) is 21.6. The molecule has 7 nitrogen and oxygen atoms in total. The van der Waals surface area contributed by atoms with Gasteiger partial charge < -0.3 is 19.9 Å². The van der Waals surface area contributed by atoms with Gasteiger partial charge in [-0.25, -0.2) is 0 Å². The number of ether oxygens (including phenoxy) is 1. The van der Waals surface area contributed by atoms with E-state index in [1.165, 1.54) is 5.56 Å². The van der Waals surface area contributed by atoms with E-state index in [2.05, 4.69) is 5.32 Å². The van der Waals surface area contributed by atoms with Crippen molar-refractivity contribution in [2.75, 3.05) is 44.7 Å². The van der Waals surface area contributed by atoms with Crippen molar-refractivity contribution >= 4 is 23.4 Å². The number of carbonyl (C=O) groups is 3. The lowest BCUT2D eigenvalue weighted by Gasteiger charge is -2.27. The fourth-order valence-corrected chi connectivity index (χ4v) is 4.00. The third-order valence-electron chi connectivity index (χ3n) is 5.77. The molecule has 0 aromatic heterocycles. The molecule has 31 heavy (non-hydrogen) atoms. The molecule has 4 rings (SSSR count). The van der Waals surface area contributed by atoms with Crippen molar-refractivity contribution < 1.29 is 19.1 Å². The Bertz CT molecular complexity index is 941. The van der Waals surface area contributed by atoms with Crippen LogP contribution in [0.3, 0.4) is 0 Å². The highest BCUT2D eigenvalue weighted by Gasteiger charge is 2.34. The summed E-state index contributed by atoms with van der Waals surface area (Å²) >= 11 is 0. The van der Waals surface area contributed by atoms with Gasteiger partial charge in [-0.3, -0.25) is 14.4 Å². The standard InChI is InChI=1S/C24H27N3O4/c28-22-16-20(17-27(22)10-9-18-5-2-1-3-6-18)23(29)25-21-8-4-7-19(15-21)24(30)26-11-13-31-14-12-26/h1-8,15,20H,9-14,16-17H2,(H,25,29). The number of anilines is 1. The average Bonchev–Trinajstić information content (AvgIpc) is 3.19. The van der Waals surface area contributed by atoms with Crippen LogP contribution in [0.5, 0.6) is 0 Å². The number of carbonyl (C=O) groups excluding carboxylic acids is 3. The Morgan fingerprint density at radius 1 is 1.03 bits per heavy atom. The number of benzene rings is 2. The van der Waals surface area contributed by atoms with Gasteiger partial charge in [0.15, 0.2) is 0 Å². The van der Waals surface area contributed by atoms with Gasteiger partial charge in [-0.2, -0.15) is 0 Å². The lowest BCUT2D eigenvalue weighted by Crippen LogP contribution is -2.40. The molecule has 2 aliphatic rings. The molecule has 2 aromatic rings. The number of amides is 3. The fourth-order valence-electron chi connectivity index (χ4n) is 4.00. The van der Waals surface area contributed by atoms with Gasteiger partial charge in [0.25, 0.3) is 5.91 Å². The van der Waals surface area contributed by atoms with E-state index in [0.29, 0.717) is 50.6 Å². The van der Waals surface area contributed by atoms with Crippen LogP contribution in [-0.2, 0) is 20.7 Å². The Morgan fingerprint density at radius 2 is 1.81 bits per heavy atom. The molecule has 1 N–H and O–H groups in total. The van der Waals surface area contributed by atoms with Gasteiger partial charge in [0.2, 0.25) is 11.8 Å². The summed E-state index contributed by atoms with van der Waals surface area (Å²) in [5, 5.41) is 2.88. The number of likely N-dealkylation sites (tertiary alicyclic amines) is 1. The van der Waals surface area contributed by atoms with Crippen molar-refractivity contribution in [3.8, 4) is 0 Å². The third kappa shape index (κ3) is 5.30. The monoisotopic (exact) mass is 421 g/mol. The molecule has 0 bridgehead atoms. The highest BCUT2D eigenvalue weighted by molar-refractivity contribution is 5.99. The fraction of sp³-hybridized carbons (Fsp3) is 0.375. The SMILES string of the molecule is O=C(Nc1cccc(C(=O)N2CCOCC2)c1)C1CC(=O)N(CCc2ccccc2)C1. The summed E-state index contributed by atoms with van der Waals surface area (Å²) in [6, 6.07) is 17.0. The van der Waals surface area contributed by atoms with E-state index in [4.69, 9.17) is 4.74 Å². The van der Waals surface area contributed by atoms with Crippen molar-refractivity contribution in [3.63, 3.8) is 0 Å². The molecule has 2 aliphatic heterocycles. The Kier molecular flexibility index (Phi) is 6.62. The van der Waals surface area contributed by atoms with Crippen LogP contribution in [0.4, 0.5) is 5.69 Å². The average molecular weight is 421 g/mol. The zero-order valence-corrected chi connectivity index (χ0v) is 17.5. The van der Waals surface area contributed by atoms with Crippen LogP contribution in [0, 0.1) is 5.92 Å². The number of hydrogen-bond acceptors (Lipinski definition) is 4. The summed E-state index contributed by atoms with van der Waals surface area (Å²) in [4.78, 5) is 41.3. The van der Waals surface area contributed by atoms with Crippen molar-refractivity contribution in [2.24, 2.45) is 5.92 Å². The summed E-state index contributed by atoms with van der Waals surface area (Å²) in [5.41, 5.74) is 2.27. The predicted octanol–water partition coefficient (Wildman–Crippen LogP) is 2.19. The van der Waals surface area contributed by atoms with E-state index in [9.17, 15) is 14.4 Å². The maximum absolute atomic E-state index is 12.8. The Hall–Kier alpha value is -3.19. The quantitative estimate of drug-likeness (QED) is 0.776. The van der Waals surface area contributed by atoms with Gasteiger partial charge in [-0.1, -0.05) is 36.4 Å². The highest BCUT2D eigenvalue weighted by atomic mass is 16.5. The van der Waals surface area contributed by atoms with Gasteiger partial charge in [0.1, 0.15) is 0 Å². The second kappa shape index (κ2) is 9.75. The molecular formula is C24H27N3O4. The Morgan fingerprint density at radius 3 is 2.58 bits per heavy atom. The topological polar surface area (TPSA) is 79.0 Å². The van der Waals surface area contributed by atoms with Crippen molar-refractivity contribution in [3.05, 3.63) is 65.7 Å². The molecule has 1 atom stereocenters. The molecule has 1 unspecified atom stereocenters. The van der Waals surface area contributed by atoms with Gasteiger partial charge in [0, 0.05) is 43.9 Å². The third-order valence-corrected chi connectivity index (χ3v) is 5.77. The summed E-state index contributed by atoms with van der Waals surface area (Å²) in [6.07, 6.45) is 0.986. The summed E-state index contributed by atoms with van der Waals surface area (Å²) in [5.74, 6) is -0.636. The van der Waals surface area contributed by atoms with Crippen LogP contribution < -0.4 is 5.32 Å². The van der Waals surface area contributed by atoms with E-state index in [0.717, 1.165) is 6.42 Å². The molecule has 2 saturated heterocycles. The maximum Gasteiger partial charge on any atom is 0.254 e. The van der Waals surface area contributed by atoms with E-state index in [-0.39, 0.29) is 30.1 Å². The molecule has 162 valence electrons. The molecule has 0 radical (unpaired) electrons. The molecule has 0 spiro atoms. The molecule has 7 heteroatoms. The van der Waals surface area contributed by atoms with Crippen LogP contribution in [0.15, 0.2) is 54.6 Å². The number of nitrogens with one attached hydrogen (secondary N) is 1. The van der Waals surface area contributed by atoms with E-state index < -0.39 is 0 Å². The first-order valence-electron chi connectivity index (χ1n) is 10.7. The number of rotatable bonds is 6. The molecule has 2 heterocycles. The summed E-state index contributed by atoms with van der Waals surface area (Å²) in [7, 11) is 0. The largest absolute Gasteiger partial charge is 0.378 e. The Balaban J connectivity index is 1.33. The zero-order valence-electron chi connectivity index (χ0n) is 17.5. The minimum absolute atomic E-state index is 0.00678. The lowest BCUT2D eigenvalue weighted by molar-refractivity contribution is -0.128. The van der Waals surface area contributed by atoms with E-state index >= 15 is 0 Å². The van der Waals surface area contributed by atoms with Crippen molar-refractivity contribution in [2.45, 2.75) is 12.8 Å². The molecule has 2 fully saturated rings. The Labute approximate surface area is 182 Å². The first kappa shape index (κ1) is 21.1. The first-order chi connectivity index (χ1) is 15.1.